The summed E-state index contributed by atoms with van der Waals surface area (Å²) in [4.78, 5) is 18.7. The van der Waals surface area contributed by atoms with Gasteiger partial charge in [-0.25, -0.2) is 4.98 Å². The van der Waals surface area contributed by atoms with Crippen LogP contribution in [0.15, 0.2) is 42.6 Å². The number of ether oxygens (including phenoxy) is 1. The molecule has 0 bridgehead atoms. The van der Waals surface area contributed by atoms with Gasteiger partial charge in [-0.05, 0) is 42.4 Å². The number of aromatic nitrogens is 1. The van der Waals surface area contributed by atoms with Crippen LogP contribution in [0.3, 0.4) is 0 Å². The Bertz CT molecular complexity index is 702. The van der Waals surface area contributed by atoms with Gasteiger partial charge in [-0.3, -0.25) is 9.69 Å². The summed E-state index contributed by atoms with van der Waals surface area (Å²) in [5, 5.41) is 3.47. The molecular formula is C20H26ClN3O2. The molecule has 0 saturated heterocycles. The Morgan fingerprint density at radius 3 is 2.65 bits per heavy atom. The average Bonchev–Trinajstić information content (AvgIpc) is 2.67. The molecule has 2 rings (SSSR count). The molecule has 1 unspecified atom stereocenters. The molecule has 1 aromatic heterocycles. The molecule has 0 aliphatic heterocycles. The van der Waals surface area contributed by atoms with Crippen LogP contribution in [0.25, 0.3) is 0 Å². The van der Waals surface area contributed by atoms with Crippen LogP contribution in [0.2, 0.25) is 5.15 Å². The molecule has 0 radical (unpaired) electrons. The predicted octanol–water partition coefficient (Wildman–Crippen LogP) is 3.49. The lowest BCUT2D eigenvalue weighted by molar-refractivity contribution is -0.120. The first kappa shape index (κ1) is 20.2. The smallest absolute Gasteiger partial charge is 0.224 e. The first-order chi connectivity index (χ1) is 12.6. The van der Waals surface area contributed by atoms with Crippen molar-refractivity contribution in [2.75, 3.05) is 26.7 Å². The number of hydrogen-bond donors (Lipinski definition) is 1. The molecule has 1 atom stereocenters. The summed E-state index contributed by atoms with van der Waals surface area (Å²) in [5.41, 5.74) is 1.97. The number of carbonyl (C=O) groups excluding carboxylic acids is 1. The molecule has 1 aromatic carbocycles. The normalized spacial score (nSPS) is 12.0. The number of methoxy groups -OCH3 is 1. The first-order valence-electron chi connectivity index (χ1n) is 8.82. The van der Waals surface area contributed by atoms with Crippen molar-refractivity contribution >= 4 is 17.5 Å². The molecule has 0 fully saturated rings. The maximum absolute atomic E-state index is 12.3. The summed E-state index contributed by atoms with van der Waals surface area (Å²) in [6.07, 6.45) is 1.92. The van der Waals surface area contributed by atoms with Gasteiger partial charge >= 0.3 is 0 Å². The van der Waals surface area contributed by atoms with Gasteiger partial charge < -0.3 is 10.1 Å². The van der Waals surface area contributed by atoms with E-state index in [1.54, 1.807) is 19.4 Å². The van der Waals surface area contributed by atoms with Crippen LogP contribution in [0.5, 0.6) is 5.75 Å². The van der Waals surface area contributed by atoms with Crippen LogP contribution in [0.4, 0.5) is 0 Å². The Kier molecular flexibility index (Phi) is 7.88. The lowest BCUT2D eigenvalue weighted by Gasteiger charge is -2.30. The van der Waals surface area contributed by atoms with E-state index in [0.717, 1.165) is 30.0 Å². The van der Waals surface area contributed by atoms with Gasteiger partial charge in [0.25, 0.3) is 0 Å². The third-order valence-electron chi connectivity index (χ3n) is 4.38. The van der Waals surface area contributed by atoms with Crippen LogP contribution >= 0.6 is 11.6 Å². The molecule has 5 nitrogen and oxygen atoms in total. The standard InChI is InChI=1S/C20H26ClN3O2/c1-4-24(5-2)18(16-7-6-8-17(12-16)26-3)14-23-20(25)11-15-9-10-19(21)22-13-15/h6-10,12-13,18H,4-5,11,14H2,1-3H3,(H,23,25). The molecule has 0 saturated carbocycles. The summed E-state index contributed by atoms with van der Waals surface area (Å²) in [6, 6.07) is 11.6. The Hall–Kier alpha value is -2.11. The lowest BCUT2D eigenvalue weighted by atomic mass is 10.0. The molecule has 2 aromatic rings. The number of likely N-dealkylation sites (N-methyl/N-ethyl adjacent to an activating group) is 1. The Morgan fingerprint density at radius 2 is 2.04 bits per heavy atom. The minimum atomic E-state index is -0.0332. The third kappa shape index (κ3) is 5.71. The largest absolute Gasteiger partial charge is 0.497 e. The quantitative estimate of drug-likeness (QED) is 0.682. The van der Waals surface area contributed by atoms with Gasteiger partial charge in [-0.2, -0.15) is 0 Å². The molecule has 6 heteroatoms. The summed E-state index contributed by atoms with van der Waals surface area (Å²) in [5.74, 6) is 0.785. The van der Waals surface area contributed by atoms with Crippen molar-refractivity contribution in [2.45, 2.75) is 26.3 Å². The number of pyridine rings is 1. The molecule has 1 N–H and O–H groups in total. The second-order valence-electron chi connectivity index (χ2n) is 5.98. The van der Waals surface area contributed by atoms with E-state index in [1.807, 2.05) is 24.3 Å². The lowest BCUT2D eigenvalue weighted by Crippen LogP contribution is -2.38. The fraction of sp³-hybridized carbons (Fsp3) is 0.400. The third-order valence-corrected chi connectivity index (χ3v) is 4.60. The van der Waals surface area contributed by atoms with Crippen LogP contribution < -0.4 is 10.1 Å². The van der Waals surface area contributed by atoms with Crippen LogP contribution in [0.1, 0.15) is 31.0 Å². The second-order valence-corrected chi connectivity index (χ2v) is 6.37. The first-order valence-corrected chi connectivity index (χ1v) is 9.20. The summed E-state index contributed by atoms with van der Waals surface area (Å²) in [7, 11) is 1.66. The van der Waals surface area contributed by atoms with Gasteiger partial charge in [-0.1, -0.05) is 43.6 Å². The van der Waals surface area contributed by atoms with Crippen molar-refractivity contribution in [1.82, 2.24) is 15.2 Å². The van der Waals surface area contributed by atoms with E-state index < -0.39 is 0 Å². The maximum Gasteiger partial charge on any atom is 0.224 e. The minimum absolute atomic E-state index is 0.0332. The van der Waals surface area contributed by atoms with Gasteiger partial charge in [0.2, 0.25) is 5.91 Å². The predicted molar refractivity (Wildman–Crippen MR) is 105 cm³/mol. The SMILES string of the molecule is CCN(CC)C(CNC(=O)Cc1ccc(Cl)nc1)c1cccc(OC)c1. The van der Waals surface area contributed by atoms with E-state index in [9.17, 15) is 4.79 Å². The highest BCUT2D eigenvalue weighted by molar-refractivity contribution is 6.29. The zero-order valence-corrected chi connectivity index (χ0v) is 16.3. The van der Waals surface area contributed by atoms with Crippen molar-refractivity contribution in [2.24, 2.45) is 0 Å². The van der Waals surface area contributed by atoms with Gasteiger partial charge in [0.15, 0.2) is 0 Å². The molecule has 1 heterocycles. The summed E-state index contributed by atoms with van der Waals surface area (Å²) in [6.45, 7) is 6.58. The molecule has 1 amide bonds. The van der Waals surface area contributed by atoms with E-state index in [4.69, 9.17) is 16.3 Å². The zero-order valence-electron chi connectivity index (χ0n) is 15.5. The van der Waals surface area contributed by atoms with Crippen LogP contribution in [-0.2, 0) is 11.2 Å². The monoisotopic (exact) mass is 375 g/mol. The topological polar surface area (TPSA) is 54.5 Å². The van der Waals surface area contributed by atoms with Crippen molar-refractivity contribution < 1.29 is 9.53 Å². The van der Waals surface area contributed by atoms with E-state index in [2.05, 4.69) is 35.1 Å². The van der Waals surface area contributed by atoms with Crippen molar-refractivity contribution in [3.05, 3.63) is 58.9 Å². The number of rotatable bonds is 9. The Morgan fingerprint density at radius 1 is 1.27 bits per heavy atom. The van der Waals surface area contributed by atoms with E-state index in [0.29, 0.717) is 11.7 Å². The second kappa shape index (κ2) is 10.1. The summed E-state index contributed by atoms with van der Waals surface area (Å²) < 4.78 is 5.34. The zero-order chi connectivity index (χ0) is 18.9. The number of benzene rings is 1. The molecule has 0 aliphatic carbocycles. The molecule has 140 valence electrons. The molecule has 0 spiro atoms. The average molecular weight is 376 g/mol. The minimum Gasteiger partial charge on any atom is -0.497 e. The molecule has 26 heavy (non-hydrogen) atoms. The number of carbonyl (C=O) groups is 1. The van der Waals surface area contributed by atoms with E-state index >= 15 is 0 Å². The maximum atomic E-state index is 12.3. The highest BCUT2D eigenvalue weighted by Gasteiger charge is 2.19. The molecular weight excluding hydrogens is 350 g/mol. The number of nitrogens with one attached hydrogen (secondary N) is 1. The highest BCUT2D eigenvalue weighted by Crippen LogP contribution is 2.23. The Labute approximate surface area is 160 Å². The number of amides is 1. The fourth-order valence-electron chi connectivity index (χ4n) is 2.94. The van der Waals surface area contributed by atoms with E-state index in [1.165, 1.54) is 0 Å². The van der Waals surface area contributed by atoms with Gasteiger partial charge in [-0.15, -0.1) is 0 Å². The van der Waals surface area contributed by atoms with Crippen LogP contribution in [-0.4, -0.2) is 42.5 Å². The molecule has 0 aliphatic rings. The van der Waals surface area contributed by atoms with E-state index in [-0.39, 0.29) is 18.4 Å². The highest BCUT2D eigenvalue weighted by atomic mass is 35.5. The number of hydrogen-bond acceptors (Lipinski definition) is 4. The van der Waals surface area contributed by atoms with Crippen molar-refractivity contribution in [3.8, 4) is 5.75 Å². The summed E-state index contributed by atoms with van der Waals surface area (Å²) >= 11 is 5.78. The van der Waals surface area contributed by atoms with Crippen LogP contribution in [0, 0.1) is 0 Å². The Balaban J connectivity index is 2.06. The fourth-order valence-corrected chi connectivity index (χ4v) is 3.05. The van der Waals surface area contributed by atoms with Gasteiger partial charge in [0.05, 0.1) is 19.6 Å². The van der Waals surface area contributed by atoms with Crippen molar-refractivity contribution in [1.29, 1.82) is 0 Å². The number of nitrogens with zero attached hydrogens (tertiary/aromatic N) is 2. The van der Waals surface area contributed by atoms with Crippen molar-refractivity contribution in [3.63, 3.8) is 0 Å². The number of halogens is 1. The van der Waals surface area contributed by atoms with Gasteiger partial charge in [0, 0.05) is 12.7 Å². The van der Waals surface area contributed by atoms with Gasteiger partial charge in [0.1, 0.15) is 10.9 Å².